The summed E-state index contributed by atoms with van der Waals surface area (Å²) in [6, 6.07) is 5.10. The summed E-state index contributed by atoms with van der Waals surface area (Å²) in [4.78, 5) is 10.8. The lowest BCUT2D eigenvalue weighted by Crippen LogP contribution is -2.44. The molecule has 1 amide bonds. The molecule has 1 aromatic rings. The molecular formula is C9H13N2O4S+. The maximum atomic E-state index is 10.8. The van der Waals surface area contributed by atoms with Gasteiger partial charge in [0.25, 0.3) is 16.0 Å². The van der Waals surface area contributed by atoms with E-state index in [4.69, 9.17) is 10.3 Å². The summed E-state index contributed by atoms with van der Waals surface area (Å²) >= 11 is 0. The predicted octanol–water partition coefficient (Wildman–Crippen LogP) is -1.11. The van der Waals surface area contributed by atoms with Crippen molar-refractivity contribution < 1.29 is 22.3 Å². The monoisotopic (exact) mass is 245 g/mol. The number of pyridine rings is 1. The Morgan fingerprint density at radius 1 is 1.44 bits per heavy atom. The molecule has 0 atom stereocenters. The molecule has 0 fully saturated rings. The lowest BCUT2D eigenvalue weighted by molar-refractivity contribution is -0.691. The quantitative estimate of drug-likeness (QED) is 0.507. The molecule has 16 heavy (non-hydrogen) atoms. The molecule has 0 unspecified atom stereocenters. The van der Waals surface area contributed by atoms with Crippen LogP contribution in [0.5, 0.6) is 0 Å². The lowest BCUT2D eigenvalue weighted by Gasteiger charge is -2.00. The van der Waals surface area contributed by atoms with Crippen molar-refractivity contribution >= 4 is 16.0 Å². The van der Waals surface area contributed by atoms with Crippen LogP contribution in [0, 0.1) is 0 Å². The number of aromatic nitrogens is 1. The molecule has 1 heterocycles. The fourth-order valence-electron chi connectivity index (χ4n) is 1.29. The lowest BCUT2D eigenvalue weighted by atomic mass is 10.3. The van der Waals surface area contributed by atoms with Crippen molar-refractivity contribution in [2.45, 2.75) is 13.0 Å². The smallest absolute Gasteiger partial charge is 0.283 e. The third-order valence-electron chi connectivity index (χ3n) is 1.98. The van der Waals surface area contributed by atoms with E-state index in [0.717, 1.165) is 0 Å². The zero-order valence-electron chi connectivity index (χ0n) is 8.54. The van der Waals surface area contributed by atoms with Gasteiger partial charge in [-0.2, -0.15) is 13.0 Å². The van der Waals surface area contributed by atoms with Gasteiger partial charge < -0.3 is 5.73 Å². The fraction of sp³-hybridized carbons (Fsp3) is 0.333. The first-order valence-electron chi connectivity index (χ1n) is 4.59. The Morgan fingerprint density at radius 2 is 2.12 bits per heavy atom. The molecule has 0 aliphatic carbocycles. The molecule has 1 aromatic heterocycles. The number of hydrogen-bond donors (Lipinski definition) is 2. The van der Waals surface area contributed by atoms with E-state index < -0.39 is 16.0 Å². The summed E-state index contributed by atoms with van der Waals surface area (Å²) in [6.45, 7) is -0.0123. The minimum absolute atomic E-state index is 0.0123. The van der Waals surface area contributed by atoms with E-state index in [1.807, 2.05) is 0 Å². The van der Waals surface area contributed by atoms with Crippen molar-refractivity contribution in [1.82, 2.24) is 0 Å². The van der Waals surface area contributed by atoms with Crippen molar-refractivity contribution in [1.29, 1.82) is 0 Å². The molecule has 3 N–H and O–H groups in total. The Balaban J connectivity index is 2.83. The maximum Gasteiger partial charge on any atom is 0.283 e. The van der Waals surface area contributed by atoms with E-state index in [1.54, 1.807) is 29.0 Å². The maximum absolute atomic E-state index is 10.8. The highest BCUT2D eigenvalue weighted by molar-refractivity contribution is 7.85. The average Bonchev–Trinajstić information content (AvgIpc) is 2.14. The van der Waals surface area contributed by atoms with Gasteiger partial charge in [0.05, 0.1) is 5.75 Å². The second kappa shape index (κ2) is 5.04. The topological polar surface area (TPSA) is 101 Å². The van der Waals surface area contributed by atoms with Gasteiger partial charge in [-0.1, -0.05) is 6.07 Å². The van der Waals surface area contributed by atoms with Crippen LogP contribution in [-0.4, -0.2) is 24.6 Å². The highest BCUT2D eigenvalue weighted by Gasteiger charge is 2.15. The van der Waals surface area contributed by atoms with E-state index in [0.29, 0.717) is 5.69 Å². The van der Waals surface area contributed by atoms with Crippen molar-refractivity contribution in [2.75, 3.05) is 5.75 Å². The first-order valence-corrected chi connectivity index (χ1v) is 6.20. The zero-order valence-corrected chi connectivity index (χ0v) is 9.35. The third kappa shape index (κ3) is 4.37. The van der Waals surface area contributed by atoms with Gasteiger partial charge in [0, 0.05) is 18.6 Å². The van der Waals surface area contributed by atoms with Crippen LogP contribution >= 0.6 is 0 Å². The van der Waals surface area contributed by atoms with Crippen molar-refractivity contribution in [3.05, 3.63) is 30.1 Å². The number of carbonyl (C=O) groups excluding carboxylic acids is 1. The number of nitrogens with two attached hydrogens (primary N) is 1. The highest BCUT2D eigenvalue weighted by Crippen LogP contribution is 1.96. The number of amides is 1. The van der Waals surface area contributed by atoms with Crippen molar-refractivity contribution in [3.63, 3.8) is 0 Å². The van der Waals surface area contributed by atoms with Gasteiger partial charge in [-0.05, 0) is 0 Å². The van der Waals surface area contributed by atoms with Gasteiger partial charge in [0.1, 0.15) is 0 Å². The molecule has 6 nitrogen and oxygen atoms in total. The van der Waals surface area contributed by atoms with Crippen molar-refractivity contribution in [3.8, 4) is 0 Å². The molecular weight excluding hydrogens is 232 g/mol. The van der Waals surface area contributed by atoms with E-state index in [-0.39, 0.29) is 18.7 Å². The summed E-state index contributed by atoms with van der Waals surface area (Å²) < 4.78 is 31.4. The normalized spacial score (nSPS) is 11.3. The second-order valence-electron chi connectivity index (χ2n) is 3.32. The standard InChI is InChI=1S/C9H12N2O4S/c10-9(12)7-11-5-2-1-3-8(11)4-6-16(13,14)15/h1-3,5H,4,6-7H2,(H2-,10,12,13,14,15)/p+1. The number of hydrogen-bond acceptors (Lipinski definition) is 3. The minimum Gasteiger partial charge on any atom is -0.364 e. The molecule has 0 spiro atoms. The van der Waals surface area contributed by atoms with E-state index in [9.17, 15) is 13.2 Å². The Bertz CT molecular complexity index is 484. The summed E-state index contributed by atoms with van der Waals surface area (Å²) in [7, 11) is -4.00. The van der Waals surface area contributed by atoms with Crippen LogP contribution in [-0.2, 0) is 27.9 Å². The molecule has 0 bridgehead atoms. The van der Waals surface area contributed by atoms with Crippen LogP contribution in [0.2, 0.25) is 0 Å². The van der Waals surface area contributed by atoms with Crippen molar-refractivity contribution in [2.24, 2.45) is 5.73 Å². The van der Waals surface area contributed by atoms with Gasteiger partial charge in [-0.3, -0.25) is 9.35 Å². The van der Waals surface area contributed by atoms with Crippen LogP contribution in [0.25, 0.3) is 0 Å². The molecule has 0 saturated carbocycles. The first kappa shape index (κ1) is 12.6. The number of aryl methyl sites for hydroxylation is 1. The Kier molecular flexibility index (Phi) is 3.97. The molecule has 0 aliphatic rings. The van der Waals surface area contributed by atoms with Crippen LogP contribution < -0.4 is 10.3 Å². The predicted molar refractivity (Wildman–Crippen MR) is 56.0 cm³/mol. The van der Waals surface area contributed by atoms with Gasteiger partial charge in [0.2, 0.25) is 6.54 Å². The fourth-order valence-corrected chi connectivity index (χ4v) is 1.76. The Morgan fingerprint density at radius 3 is 2.69 bits per heavy atom. The number of rotatable bonds is 5. The summed E-state index contributed by atoms with van der Waals surface area (Å²) in [5.74, 6) is -0.889. The van der Waals surface area contributed by atoms with Gasteiger partial charge in [-0.15, -0.1) is 0 Å². The third-order valence-corrected chi connectivity index (χ3v) is 2.70. The molecule has 7 heteroatoms. The van der Waals surface area contributed by atoms with E-state index in [2.05, 4.69) is 0 Å². The summed E-state index contributed by atoms with van der Waals surface area (Å²) in [5, 5.41) is 0. The van der Waals surface area contributed by atoms with Gasteiger partial charge in [0.15, 0.2) is 11.9 Å². The van der Waals surface area contributed by atoms with Crippen LogP contribution in [0.15, 0.2) is 24.4 Å². The second-order valence-corrected chi connectivity index (χ2v) is 4.89. The Labute approximate surface area is 93.5 Å². The molecule has 0 saturated heterocycles. The summed E-state index contributed by atoms with van der Waals surface area (Å²) in [6.07, 6.45) is 1.76. The van der Waals surface area contributed by atoms with E-state index in [1.165, 1.54) is 0 Å². The van der Waals surface area contributed by atoms with Crippen LogP contribution in [0.1, 0.15) is 5.69 Å². The van der Waals surface area contributed by atoms with Gasteiger partial charge in [-0.25, -0.2) is 0 Å². The average molecular weight is 245 g/mol. The Hall–Kier alpha value is -1.47. The van der Waals surface area contributed by atoms with Gasteiger partial charge >= 0.3 is 0 Å². The first-order chi connectivity index (χ1) is 7.38. The number of primary amides is 1. The van der Waals surface area contributed by atoms with Crippen LogP contribution in [0.4, 0.5) is 0 Å². The highest BCUT2D eigenvalue weighted by atomic mass is 32.2. The number of carbonyl (C=O) groups is 1. The zero-order chi connectivity index (χ0) is 12.2. The summed E-state index contributed by atoms with van der Waals surface area (Å²) in [5.41, 5.74) is 5.67. The molecule has 88 valence electrons. The molecule has 1 rings (SSSR count). The SMILES string of the molecule is NC(=O)C[n+]1ccccc1CCS(=O)(=O)O. The number of nitrogens with zero attached hydrogens (tertiary/aromatic N) is 1. The van der Waals surface area contributed by atoms with E-state index >= 15 is 0 Å². The largest absolute Gasteiger partial charge is 0.364 e. The molecule has 0 radical (unpaired) electrons. The minimum atomic E-state index is -4.00. The molecule has 0 aliphatic heterocycles. The molecule has 0 aromatic carbocycles. The van der Waals surface area contributed by atoms with Crippen LogP contribution in [0.3, 0.4) is 0 Å².